The highest BCUT2D eigenvalue weighted by Crippen LogP contribution is 2.71. The van der Waals surface area contributed by atoms with E-state index in [2.05, 4.69) is 128 Å². The first-order valence-electron chi connectivity index (χ1n) is 16.1. The topological polar surface area (TPSA) is 52.0 Å². The Morgan fingerprint density at radius 2 is 1.48 bits per heavy atom. The zero-order chi connectivity index (χ0) is 32.6. The van der Waals surface area contributed by atoms with Crippen molar-refractivity contribution in [2.45, 2.75) is 106 Å². The third kappa shape index (κ3) is 4.72. The highest BCUT2D eigenvalue weighted by Gasteiger charge is 2.52. The second-order valence-corrected chi connectivity index (χ2v) is 22.4. The summed E-state index contributed by atoms with van der Waals surface area (Å²) in [6.07, 6.45) is 8.23. The van der Waals surface area contributed by atoms with Gasteiger partial charge in [-0.1, -0.05) is 45.9 Å². The molecule has 4 aromatic rings. The van der Waals surface area contributed by atoms with E-state index in [4.69, 9.17) is 11.5 Å². The summed E-state index contributed by atoms with van der Waals surface area (Å²) >= 11 is 12.3. The van der Waals surface area contributed by atoms with E-state index >= 15 is 0 Å². The van der Waals surface area contributed by atoms with Crippen molar-refractivity contribution in [2.75, 3.05) is 0 Å². The molecule has 0 saturated carbocycles. The maximum absolute atomic E-state index is 6.97. The normalized spacial score (nSPS) is 27.2. The van der Waals surface area contributed by atoms with Gasteiger partial charge in [0.05, 0.1) is 10.00 Å². The van der Waals surface area contributed by atoms with Gasteiger partial charge in [0.25, 0.3) is 0 Å². The molecule has 0 bridgehead atoms. The van der Waals surface area contributed by atoms with E-state index in [1.165, 1.54) is 84.8 Å². The standard InChI is InChI=1S/C38H42N2S6/c1-16-12-23(42-19(16)4)27-29-33-25(14-18(3)41-33)44-34(29)28(24-13-17(2)20(5)43-24)30-35(27)46-38(9)15-26(45-36(30)38)21-10-11-22(37(6,7)8)32(40)31(21)39/h10-13,15,18,31-32,36H,14,39-40H2,1-9H3. The molecule has 8 heteroatoms. The number of allylic oxidation sites excluding steroid dienone is 2. The van der Waals surface area contributed by atoms with Gasteiger partial charge in [0.15, 0.2) is 0 Å². The fourth-order valence-electron chi connectivity index (χ4n) is 7.54. The van der Waals surface area contributed by atoms with Crippen molar-refractivity contribution in [3.05, 3.63) is 77.7 Å². The van der Waals surface area contributed by atoms with Crippen molar-refractivity contribution in [1.82, 2.24) is 0 Å². The van der Waals surface area contributed by atoms with Crippen molar-refractivity contribution >= 4 is 79.4 Å². The molecule has 0 spiro atoms. The first kappa shape index (κ1) is 32.0. The van der Waals surface area contributed by atoms with Crippen molar-refractivity contribution in [2.24, 2.45) is 16.9 Å². The Kier molecular flexibility index (Phi) is 7.57. The van der Waals surface area contributed by atoms with E-state index in [1.807, 2.05) is 34.4 Å². The van der Waals surface area contributed by atoms with Gasteiger partial charge in [-0.05, 0) is 86.4 Å². The molecule has 0 radical (unpaired) electrons. The zero-order valence-electron chi connectivity index (χ0n) is 28.0. The minimum absolute atomic E-state index is 0.00321. The number of fused-ring (bicyclic) bond motifs is 6. The molecule has 0 amide bonds. The summed E-state index contributed by atoms with van der Waals surface area (Å²) in [6, 6.07) is 4.54. The molecular weight excluding hydrogens is 677 g/mol. The number of hydrogen-bond donors (Lipinski definition) is 2. The highest BCUT2D eigenvalue weighted by molar-refractivity contribution is 8.08. The summed E-state index contributed by atoms with van der Waals surface area (Å²) in [5.74, 6) is 0. The predicted octanol–water partition coefficient (Wildman–Crippen LogP) is 11.7. The molecule has 4 aliphatic rings. The van der Waals surface area contributed by atoms with Crippen molar-refractivity contribution in [3.63, 3.8) is 0 Å². The minimum Gasteiger partial charge on any atom is -0.323 e. The maximum Gasteiger partial charge on any atom is 0.0546 e. The van der Waals surface area contributed by atoms with Gasteiger partial charge in [0, 0.05) is 77.6 Å². The van der Waals surface area contributed by atoms with E-state index in [-0.39, 0.29) is 22.2 Å². The van der Waals surface area contributed by atoms with Crippen LogP contribution < -0.4 is 11.5 Å². The van der Waals surface area contributed by atoms with Crippen molar-refractivity contribution < 1.29 is 0 Å². The molecule has 6 heterocycles. The van der Waals surface area contributed by atoms with Crippen LogP contribution in [0.3, 0.4) is 0 Å². The second-order valence-electron chi connectivity index (χ2n) is 14.7. The van der Waals surface area contributed by atoms with Crippen LogP contribution in [0, 0.1) is 33.1 Å². The molecule has 0 fully saturated rings. The lowest BCUT2D eigenvalue weighted by atomic mass is 9.75. The molecule has 1 aliphatic carbocycles. The van der Waals surface area contributed by atoms with Crippen molar-refractivity contribution in [3.8, 4) is 20.9 Å². The van der Waals surface area contributed by atoms with Crippen LogP contribution in [0.25, 0.3) is 31.0 Å². The largest absolute Gasteiger partial charge is 0.323 e. The summed E-state index contributed by atoms with van der Waals surface area (Å²) in [6.45, 7) is 20.7. The minimum atomic E-state index is -0.207. The summed E-state index contributed by atoms with van der Waals surface area (Å²) in [5, 5.41) is 2.44. The van der Waals surface area contributed by atoms with Gasteiger partial charge in [-0.3, -0.25) is 0 Å². The lowest BCUT2D eigenvalue weighted by molar-refractivity contribution is 0.441. The van der Waals surface area contributed by atoms with E-state index in [9.17, 15) is 0 Å². The first-order chi connectivity index (χ1) is 21.7. The lowest BCUT2D eigenvalue weighted by Gasteiger charge is -2.35. The summed E-state index contributed by atoms with van der Waals surface area (Å²) < 4.78 is 1.41. The monoisotopic (exact) mass is 718 g/mol. The van der Waals surface area contributed by atoms with Gasteiger partial charge < -0.3 is 11.5 Å². The molecule has 4 N–H and O–H groups in total. The average molecular weight is 719 g/mol. The molecule has 5 unspecified atom stereocenters. The molecule has 3 aliphatic heterocycles. The third-order valence-corrected chi connectivity index (χ3v) is 18.3. The molecule has 5 atom stereocenters. The zero-order valence-corrected chi connectivity index (χ0v) is 32.9. The van der Waals surface area contributed by atoms with Gasteiger partial charge in [-0.25, -0.2) is 0 Å². The number of hydrogen-bond acceptors (Lipinski definition) is 8. The molecule has 1 aromatic carbocycles. The van der Waals surface area contributed by atoms with E-state index < -0.39 is 0 Å². The lowest BCUT2D eigenvalue weighted by Crippen LogP contribution is -2.48. The number of aryl methyl sites for hydroxylation is 4. The fourth-order valence-corrected chi connectivity index (χ4v) is 16.4. The Balaban J connectivity index is 1.37. The van der Waals surface area contributed by atoms with Crippen LogP contribution in [0.15, 0.2) is 56.2 Å². The highest BCUT2D eigenvalue weighted by atomic mass is 32.2. The number of benzene rings is 1. The molecule has 3 aromatic heterocycles. The van der Waals surface area contributed by atoms with Crippen LogP contribution in [0.4, 0.5) is 0 Å². The summed E-state index contributed by atoms with van der Waals surface area (Å²) in [7, 11) is 0. The Hall–Kier alpha value is -1.23. The van der Waals surface area contributed by atoms with Gasteiger partial charge in [0.2, 0.25) is 0 Å². The van der Waals surface area contributed by atoms with Crippen LogP contribution in [0.2, 0.25) is 0 Å². The van der Waals surface area contributed by atoms with Crippen LogP contribution in [-0.4, -0.2) is 22.1 Å². The Labute approximate surface area is 298 Å². The molecule has 8 rings (SSSR count). The third-order valence-electron chi connectivity index (χ3n) is 10.2. The number of thiophene rings is 3. The molecule has 0 saturated heterocycles. The van der Waals surface area contributed by atoms with Gasteiger partial charge in [-0.2, -0.15) is 0 Å². The Bertz CT molecular complexity index is 2020. The maximum atomic E-state index is 6.97. The smallest absolute Gasteiger partial charge is 0.0546 e. The molecule has 2 nitrogen and oxygen atoms in total. The average Bonchev–Trinajstić information content (AvgIpc) is 3.78. The Morgan fingerprint density at radius 1 is 0.826 bits per heavy atom. The van der Waals surface area contributed by atoms with Crippen LogP contribution in [0.1, 0.15) is 71.2 Å². The van der Waals surface area contributed by atoms with Gasteiger partial charge in [-0.15, -0.1) is 69.3 Å². The molecular formula is C38H42N2S6. The van der Waals surface area contributed by atoms with E-state index in [0.717, 1.165) is 0 Å². The molecule has 240 valence electrons. The Morgan fingerprint density at radius 3 is 2.09 bits per heavy atom. The summed E-state index contributed by atoms with van der Waals surface area (Å²) in [5.41, 5.74) is 23.5. The molecule has 46 heavy (non-hydrogen) atoms. The predicted molar refractivity (Wildman–Crippen MR) is 211 cm³/mol. The van der Waals surface area contributed by atoms with E-state index in [1.54, 1.807) is 9.77 Å². The number of nitrogens with two attached hydrogens (primary N) is 2. The summed E-state index contributed by atoms with van der Waals surface area (Å²) in [4.78, 5) is 11.6. The SMILES string of the molecule is Cc1cc(-c2c3c(c(-c4cc(C)c(C)s4)c4c5c(sc24)CC(C)S5)SC2(C)C=C(C4=CC=C(C(C)(C)C)C(N)C4N)SC32)sc1C. The van der Waals surface area contributed by atoms with Gasteiger partial charge >= 0.3 is 0 Å². The van der Waals surface area contributed by atoms with Crippen molar-refractivity contribution in [1.29, 1.82) is 0 Å². The quantitative estimate of drug-likeness (QED) is 0.221. The van der Waals surface area contributed by atoms with Crippen LogP contribution >= 0.6 is 69.3 Å². The fraction of sp³-hybridized carbons (Fsp3) is 0.421. The van der Waals surface area contributed by atoms with E-state index in [0.29, 0.717) is 10.5 Å². The van der Waals surface area contributed by atoms with Gasteiger partial charge in [0.1, 0.15) is 0 Å². The number of rotatable bonds is 3. The van der Waals surface area contributed by atoms with Crippen LogP contribution in [0.5, 0.6) is 0 Å². The first-order valence-corrected chi connectivity index (χ1v) is 21.2. The second kappa shape index (κ2) is 10.9. The number of thioether (sulfide) groups is 3. The van der Waals surface area contributed by atoms with Crippen LogP contribution in [-0.2, 0) is 6.42 Å².